The summed E-state index contributed by atoms with van der Waals surface area (Å²) < 4.78 is 16.9. The van der Waals surface area contributed by atoms with Gasteiger partial charge in [0, 0.05) is 17.7 Å². The second-order valence-corrected chi connectivity index (χ2v) is 5.90. The first kappa shape index (κ1) is 18.0. The summed E-state index contributed by atoms with van der Waals surface area (Å²) in [5.41, 5.74) is 3.00. The zero-order chi connectivity index (χ0) is 18.2. The van der Waals surface area contributed by atoms with E-state index in [0.717, 1.165) is 40.6 Å². The summed E-state index contributed by atoms with van der Waals surface area (Å²) in [6.45, 7) is 6.71. The van der Waals surface area contributed by atoms with Crippen LogP contribution in [0, 0.1) is 6.92 Å². The summed E-state index contributed by atoms with van der Waals surface area (Å²) in [5.74, 6) is 2.45. The van der Waals surface area contributed by atoms with Gasteiger partial charge in [-0.25, -0.2) is 0 Å². The van der Waals surface area contributed by atoms with Crippen LogP contribution in [0.5, 0.6) is 11.5 Å². The van der Waals surface area contributed by atoms with Crippen LogP contribution in [0.4, 0.5) is 0 Å². The molecule has 1 N–H and O–H groups in total. The molecular formula is C21H24N2O3. The van der Waals surface area contributed by atoms with Crippen molar-refractivity contribution >= 4 is 0 Å². The van der Waals surface area contributed by atoms with Gasteiger partial charge in [-0.2, -0.15) is 0 Å². The summed E-state index contributed by atoms with van der Waals surface area (Å²) in [5, 5.41) is 7.42. The molecule has 3 rings (SSSR count). The van der Waals surface area contributed by atoms with Gasteiger partial charge >= 0.3 is 0 Å². The quantitative estimate of drug-likeness (QED) is 0.585. The number of benzene rings is 2. The Hall–Kier alpha value is -2.79. The molecule has 0 aliphatic heterocycles. The SMILES string of the molecule is CCNCc1noc(-c2ccc(OCCOc3ccccc3)cc2)c1C. The van der Waals surface area contributed by atoms with Gasteiger partial charge in [-0.05, 0) is 49.9 Å². The van der Waals surface area contributed by atoms with Gasteiger partial charge in [0.15, 0.2) is 5.76 Å². The lowest BCUT2D eigenvalue weighted by molar-refractivity contribution is 0.217. The fourth-order valence-electron chi connectivity index (χ4n) is 2.58. The molecule has 0 aliphatic rings. The third-order valence-corrected chi connectivity index (χ3v) is 4.04. The molecule has 3 aromatic rings. The Labute approximate surface area is 153 Å². The normalized spacial score (nSPS) is 10.7. The molecule has 0 atom stereocenters. The maximum atomic E-state index is 5.73. The third kappa shape index (κ3) is 4.64. The maximum Gasteiger partial charge on any atom is 0.170 e. The highest BCUT2D eigenvalue weighted by molar-refractivity contribution is 5.62. The largest absolute Gasteiger partial charge is 0.490 e. The van der Waals surface area contributed by atoms with Crippen LogP contribution in [0.15, 0.2) is 59.1 Å². The van der Waals surface area contributed by atoms with Gasteiger partial charge in [-0.3, -0.25) is 0 Å². The van der Waals surface area contributed by atoms with Gasteiger partial charge in [0.2, 0.25) is 0 Å². The second kappa shape index (κ2) is 9.06. The smallest absolute Gasteiger partial charge is 0.170 e. The summed E-state index contributed by atoms with van der Waals surface area (Å²) >= 11 is 0. The molecule has 26 heavy (non-hydrogen) atoms. The van der Waals surface area contributed by atoms with E-state index in [1.54, 1.807) is 0 Å². The van der Waals surface area contributed by atoms with Crippen LogP contribution < -0.4 is 14.8 Å². The van der Waals surface area contributed by atoms with Crippen LogP contribution >= 0.6 is 0 Å². The molecule has 0 unspecified atom stereocenters. The molecule has 0 saturated carbocycles. The van der Waals surface area contributed by atoms with Crippen molar-refractivity contribution in [3.8, 4) is 22.8 Å². The van der Waals surface area contributed by atoms with Gasteiger partial charge in [-0.1, -0.05) is 30.3 Å². The Balaban J connectivity index is 1.53. The third-order valence-electron chi connectivity index (χ3n) is 4.04. The predicted molar refractivity (Wildman–Crippen MR) is 101 cm³/mol. The molecule has 2 aromatic carbocycles. The van der Waals surface area contributed by atoms with E-state index in [-0.39, 0.29) is 0 Å². The topological polar surface area (TPSA) is 56.5 Å². The predicted octanol–water partition coefficient (Wildman–Crippen LogP) is 4.22. The number of hydrogen-bond donors (Lipinski definition) is 1. The average molecular weight is 352 g/mol. The summed E-state index contributed by atoms with van der Waals surface area (Å²) in [7, 11) is 0. The average Bonchev–Trinajstić information content (AvgIpc) is 3.05. The number of rotatable bonds is 9. The number of ether oxygens (including phenoxy) is 2. The number of nitrogens with one attached hydrogen (secondary N) is 1. The zero-order valence-electron chi connectivity index (χ0n) is 15.2. The van der Waals surface area contributed by atoms with Crippen molar-refractivity contribution in [2.75, 3.05) is 19.8 Å². The van der Waals surface area contributed by atoms with Crippen molar-refractivity contribution in [2.45, 2.75) is 20.4 Å². The first-order valence-corrected chi connectivity index (χ1v) is 8.85. The van der Waals surface area contributed by atoms with E-state index in [9.17, 15) is 0 Å². The molecule has 1 aromatic heterocycles. The highest BCUT2D eigenvalue weighted by Gasteiger charge is 2.13. The molecule has 0 spiro atoms. The van der Waals surface area contributed by atoms with Crippen molar-refractivity contribution in [1.29, 1.82) is 0 Å². The van der Waals surface area contributed by atoms with E-state index in [0.29, 0.717) is 19.8 Å². The van der Waals surface area contributed by atoms with Gasteiger partial charge < -0.3 is 19.3 Å². The van der Waals surface area contributed by atoms with E-state index in [1.165, 1.54) is 0 Å². The number of para-hydroxylation sites is 1. The van der Waals surface area contributed by atoms with Crippen molar-refractivity contribution in [1.82, 2.24) is 10.5 Å². The van der Waals surface area contributed by atoms with Crippen LogP contribution in [0.2, 0.25) is 0 Å². The maximum absolute atomic E-state index is 5.73. The summed E-state index contributed by atoms with van der Waals surface area (Å²) in [6.07, 6.45) is 0. The molecule has 0 radical (unpaired) electrons. The van der Waals surface area contributed by atoms with Gasteiger partial charge in [0.25, 0.3) is 0 Å². The number of nitrogens with zero attached hydrogens (tertiary/aromatic N) is 1. The zero-order valence-corrected chi connectivity index (χ0v) is 15.2. The monoisotopic (exact) mass is 352 g/mol. The second-order valence-electron chi connectivity index (χ2n) is 5.90. The molecule has 5 heteroatoms. The van der Waals surface area contributed by atoms with Crippen LogP contribution in [-0.2, 0) is 6.54 Å². The van der Waals surface area contributed by atoms with Crippen molar-refractivity contribution in [3.63, 3.8) is 0 Å². The first-order valence-electron chi connectivity index (χ1n) is 8.85. The van der Waals surface area contributed by atoms with Crippen LogP contribution in [-0.4, -0.2) is 24.9 Å². The minimum absolute atomic E-state index is 0.489. The van der Waals surface area contributed by atoms with E-state index in [2.05, 4.69) is 17.4 Å². The first-order chi connectivity index (χ1) is 12.8. The molecule has 136 valence electrons. The molecule has 0 bridgehead atoms. The standard InChI is InChI=1S/C21H24N2O3/c1-3-22-15-20-16(2)21(26-23-20)17-9-11-19(12-10-17)25-14-13-24-18-7-5-4-6-8-18/h4-12,22H,3,13-15H2,1-2H3. The van der Waals surface area contributed by atoms with Crippen LogP contribution in [0.1, 0.15) is 18.2 Å². The van der Waals surface area contributed by atoms with Crippen molar-refractivity contribution in [3.05, 3.63) is 65.9 Å². The lowest BCUT2D eigenvalue weighted by Crippen LogP contribution is -2.12. The Morgan fingerprint density at radius 2 is 1.58 bits per heavy atom. The van der Waals surface area contributed by atoms with Crippen molar-refractivity contribution in [2.24, 2.45) is 0 Å². The Morgan fingerprint density at radius 1 is 0.923 bits per heavy atom. The van der Waals surface area contributed by atoms with E-state index in [1.807, 2.05) is 61.5 Å². The molecule has 0 fully saturated rings. The van der Waals surface area contributed by atoms with Crippen LogP contribution in [0.25, 0.3) is 11.3 Å². The molecule has 5 nitrogen and oxygen atoms in total. The Bertz CT molecular complexity index is 798. The number of hydrogen-bond acceptors (Lipinski definition) is 5. The fourth-order valence-corrected chi connectivity index (χ4v) is 2.58. The Morgan fingerprint density at radius 3 is 2.23 bits per heavy atom. The van der Waals surface area contributed by atoms with E-state index < -0.39 is 0 Å². The molecule has 1 heterocycles. The fraction of sp³-hybridized carbons (Fsp3) is 0.286. The molecule has 0 amide bonds. The molecule has 0 aliphatic carbocycles. The molecular weight excluding hydrogens is 328 g/mol. The van der Waals surface area contributed by atoms with Gasteiger partial charge in [0.1, 0.15) is 30.4 Å². The van der Waals surface area contributed by atoms with Gasteiger partial charge in [0.05, 0.1) is 0 Å². The lowest BCUT2D eigenvalue weighted by atomic mass is 10.1. The highest BCUT2D eigenvalue weighted by atomic mass is 16.5. The van der Waals surface area contributed by atoms with Crippen molar-refractivity contribution < 1.29 is 14.0 Å². The minimum Gasteiger partial charge on any atom is -0.490 e. The van der Waals surface area contributed by atoms with E-state index in [4.69, 9.17) is 14.0 Å². The summed E-state index contributed by atoms with van der Waals surface area (Å²) in [4.78, 5) is 0. The van der Waals surface area contributed by atoms with Gasteiger partial charge in [-0.15, -0.1) is 0 Å². The van der Waals surface area contributed by atoms with Crippen LogP contribution in [0.3, 0.4) is 0 Å². The lowest BCUT2D eigenvalue weighted by Gasteiger charge is -2.08. The highest BCUT2D eigenvalue weighted by Crippen LogP contribution is 2.27. The number of aromatic nitrogens is 1. The molecule has 0 saturated heterocycles. The van der Waals surface area contributed by atoms with E-state index >= 15 is 0 Å². The Kier molecular flexibility index (Phi) is 6.28. The summed E-state index contributed by atoms with van der Waals surface area (Å²) in [6, 6.07) is 17.6. The minimum atomic E-state index is 0.489.